The summed E-state index contributed by atoms with van der Waals surface area (Å²) in [4.78, 5) is 2.31. The first kappa shape index (κ1) is 18.1. The van der Waals surface area contributed by atoms with Crippen molar-refractivity contribution in [1.82, 2.24) is 14.9 Å². The summed E-state index contributed by atoms with van der Waals surface area (Å²) in [5, 5.41) is 3.23. The lowest BCUT2D eigenvalue weighted by Crippen LogP contribution is -2.38. The summed E-state index contributed by atoms with van der Waals surface area (Å²) < 4.78 is 27.4. The molecule has 0 aliphatic rings. The molecule has 0 radical (unpaired) electrons. The van der Waals surface area contributed by atoms with E-state index >= 15 is 0 Å². The van der Waals surface area contributed by atoms with Gasteiger partial charge in [-0.3, -0.25) is 0 Å². The molecule has 0 heterocycles. The minimum absolute atomic E-state index is 0.145. The molecular weight excluding hydrogens is 286 g/mol. The summed E-state index contributed by atoms with van der Waals surface area (Å²) in [6.45, 7) is 7.93. The highest BCUT2D eigenvalue weighted by molar-refractivity contribution is 7.89. The number of rotatable bonds is 8. The number of aryl methyl sites for hydroxylation is 1. The Bertz CT molecular complexity index is 556. The maximum absolute atomic E-state index is 12.3. The van der Waals surface area contributed by atoms with Crippen molar-refractivity contribution in [2.45, 2.75) is 38.3 Å². The minimum atomic E-state index is -3.46. The molecule has 0 saturated carbocycles. The zero-order chi connectivity index (χ0) is 16.0. The molecule has 1 aromatic rings. The van der Waals surface area contributed by atoms with Crippen LogP contribution in [0.3, 0.4) is 0 Å². The van der Waals surface area contributed by atoms with Gasteiger partial charge in [0.15, 0.2) is 0 Å². The predicted molar refractivity (Wildman–Crippen MR) is 86.9 cm³/mol. The average Bonchev–Trinajstić information content (AvgIpc) is 2.43. The van der Waals surface area contributed by atoms with Gasteiger partial charge in [0.05, 0.1) is 4.90 Å². The van der Waals surface area contributed by atoms with Crippen molar-refractivity contribution in [1.29, 1.82) is 0 Å². The van der Waals surface area contributed by atoms with Crippen LogP contribution in [0.15, 0.2) is 23.1 Å². The van der Waals surface area contributed by atoms with E-state index < -0.39 is 10.0 Å². The van der Waals surface area contributed by atoms with Gasteiger partial charge in [0, 0.05) is 19.1 Å². The molecule has 120 valence electrons. The number of sulfonamides is 1. The molecule has 1 atom stereocenters. The van der Waals surface area contributed by atoms with Crippen molar-refractivity contribution in [2.24, 2.45) is 0 Å². The van der Waals surface area contributed by atoms with E-state index in [1.807, 2.05) is 45.8 Å². The Morgan fingerprint density at radius 2 is 1.95 bits per heavy atom. The van der Waals surface area contributed by atoms with Gasteiger partial charge in [-0.2, -0.15) is 0 Å². The second kappa shape index (κ2) is 7.89. The van der Waals surface area contributed by atoms with Crippen LogP contribution in [0, 0.1) is 6.92 Å². The SMILES string of the molecule is CCNCc1cc(S(=O)(=O)NCC(C)N(C)C)ccc1C. The summed E-state index contributed by atoms with van der Waals surface area (Å²) in [6.07, 6.45) is 0. The van der Waals surface area contributed by atoms with Crippen molar-refractivity contribution in [3.05, 3.63) is 29.3 Å². The third-order valence-electron chi connectivity index (χ3n) is 3.65. The van der Waals surface area contributed by atoms with Gasteiger partial charge in [0.2, 0.25) is 10.0 Å². The van der Waals surface area contributed by atoms with Crippen molar-refractivity contribution in [3.8, 4) is 0 Å². The van der Waals surface area contributed by atoms with Crippen molar-refractivity contribution in [2.75, 3.05) is 27.2 Å². The van der Waals surface area contributed by atoms with Crippen molar-refractivity contribution < 1.29 is 8.42 Å². The molecule has 1 aromatic carbocycles. The van der Waals surface area contributed by atoms with Gasteiger partial charge in [-0.1, -0.05) is 13.0 Å². The Morgan fingerprint density at radius 3 is 2.52 bits per heavy atom. The second-order valence-electron chi connectivity index (χ2n) is 5.53. The van der Waals surface area contributed by atoms with Crippen LogP contribution in [-0.4, -0.2) is 46.5 Å². The van der Waals surface area contributed by atoms with E-state index in [1.54, 1.807) is 12.1 Å². The van der Waals surface area contributed by atoms with E-state index in [0.717, 1.165) is 17.7 Å². The molecule has 0 aliphatic heterocycles. The van der Waals surface area contributed by atoms with Gasteiger partial charge in [-0.25, -0.2) is 13.1 Å². The largest absolute Gasteiger partial charge is 0.313 e. The molecule has 2 N–H and O–H groups in total. The Balaban J connectivity index is 2.88. The number of benzene rings is 1. The monoisotopic (exact) mass is 313 g/mol. The molecule has 0 spiro atoms. The van der Waals surface area contributed by atoms with Crippen molar-refractivity contribution >= 4 is 10.0 Å². The molecule has 0 amide bonds. The Kier molecular flexibility index (Phi) is 6.80. The topological polar surface area (TPSA) is 61.4 Å². The molecule has 21 heavy (non-hydrogen) atoms. The summed E-state index contributed by atoms with van der Waals surface area (Å²) in [5.74, 6) is 0. The van der Waals surface area contributed by atoms with Gasteiger partial charge in [0.25, 0.3) is 0 Å². The quantitative estimate of drug-likeness (QED) is 0.760. The Morgan fingerprint density at radius 1 is 1.29 bits per heavy atom. The highest BCUT2D eigenvalue weighted by Gasteiger charge is 2.17. The minimum Gasteiger partial charge on any atom is -0.313 e. The first-order valence-corrected chi connectivity index (χ1v) is 8.72. The van der Waals surface area contributed by atoms with Crippen LogP contribution in [-0.2, 0) is 16.6 Å². The summed E-state index contributed by atoms with van der Waals surface area (Å²) in [5.41, 5.74) is 2.11. The zero-order valence-corrected chi connectivity index (χ0v) is 14.4. The van der Waals surface area contributed by atoms with Gasteiger partial charge in [0.1, 0.15) is 0 Å². The zero-order valence-electron chi connectivity index (χ0n) is 13.6. The lowest BCUT2D eigenvalue weighted by Gasteiger charge is -2.20. The van der Waals surface area contributed by atoms with E-state index in [0.29, 0.717) is 18.0 Å². The fourth-order valence-corrected chi connectivity index (χ4v) is 2.93. The van der Waals surface area contributed by atoms with Crippen LogP contribution in [0.5, 0.6) is 0 Å². The van der Waals surface area contributed by atoms with Gasteiger partial charge >= 0.3 is 0 Å². The van der Waals surface area contributed by atoms with Crippen LogP contribution < -0.4 is 10.0 Å². The van der Waals surface area contributed by atoms with Gasteiger partial charge in [-0.15, -0.1) is 0 Å². The molecule has 0 saturated heterocycles. The van der Waals surface area contributed by atoms with Crippen LogP contribution in [0.2, 0.25) is 0 Å². The van der Waals surface area contributed by atoms with E-state index in [9.17, 15) is 8.42 Å². The van der Waals surface area contributed by atoms with Crippen LogP contribution in [0.25, 0.3) is 0 Å². The third-order valence-corrected chi connectivity index (χ3v) is 5.07. The number of nitrogens with one attached hydrogen (secondary N) is 2. The fraction of sp³-hybridized carbons (Fsp3) is 0.600. The lowest BCUT2D eigenvalue weighted by atomic mass is 10.1. The summed E-state index contributed by atoms with van der Waals surface area (Å²) in [6, 6.07) is 5.41. The van der Waals surface area contributed by atoms with Crippen LogP contribution in [0.4, 0.5) is 0 Å². The summed E-state index contributed by atoms with van der Waals surface area (Å²) in [7, 11) is 0.402. The standard InChI is InChI=1S/C15H27N3O2S/c1-6-16-11-14-9-15(8-7-12(14)2)21(19,20)17-10-13(3)18(4)5/h7-9,13,16-17H,6,10-11H2,1-5H3. The molecule has 0 bridgehead atoms. The first-order valence-electron chi connectivity index (χ1n) is 7.24. The van der Waals surface area contributed by atoms with E-state index in [2.05, 4.69) is 10.0 Å². The second-order valence-corrected chi connectivity index (χ2v) is 7.30. The molecule has 6 heteroatoms. The van der Waals surface area contributed by atoms with Crippen LogP contribution >= 0.6 is 0 Å². The third kappa shape index (κ3) is 5.39. The van der Waals surface area contributed by atoms with E-state index in [4.69, 9.17) is 0 Å². The van der Waals surface area contributed by atoms with E-state index in [1.165, 1.54) is 0 Å². The van der Waals surface area contributed by atoms with Gasteiger partial charge < -0.3 is 10.2 Å². The molecule has 5 nitrogen and oxygen atoms in total. The summed E-state index contributed by atoms with van der Waals surface area (Å²) >= 11 is 0. The highest BCUT2D eigenvalue weighted by Crippen LogP contribution is 2.15. The van der Waals surface area contributed by atoms with E-state index in [-0.39, 0.29) is 6.04 Å². The van der Waals surface area contributed by atoms with Crippen molar-refractivity contribution in [3.63, 3.8) is 0 Å². The number of likely N-dealkylation sites (N-methyl/N-ethyl adjacent to an activating group) is 1. The highest BCUT2D eigenvalue weighted by atomic mass is 32.2. The molecular formula is C15H27N3O2S. The maximum atomic E-state index is 12.3. The maximum Gasteiger partial charge on any atom is 0.240 e. The molecule has 0 aliphatic carbocycles. The first-order chi connectivity index (χ1) is 9.77. The molecule has 0 aromatic heterocycles. The van der Waals surface area contributed by atoms with Gasteiger partial charge in [-0.05, 0) is 57.7 Å². The normalized spacial score (nSPS) is 13.6. The molecule has 1 rings (SSSR count). The number of hydrogen-bond donors (Lipinski definition) is 2. The predicted octanol–water partition coefficient (Wildman–Crippen LogP) is 1.33. The van der Waals surface area contributed by atoms with Crippen LogP contribution in [0.1, 0.15) is 25.0 Å². The lowest BCUT2D eigenvalue weighted by molar-refractivity contribution is 0.314. The Hall–Kier alpha value is -0.950. The molecule has 1 unspecified atom stereocenters. The average molecular weight is 313 g/mol. The number of hydrogen-bond acceptors (Lipinski definition) is 4. The molecule has 0 fully saturated rings. The smallest absolute Gasteiger partial charge is 0.240 e. The fourth-order valence-electron chi connectivity index (χ4n) is 1.76. The number of nitrogens with zero attached hydrogens (tertiary/aromatic N) is 1. The Labute approximate surface area is 128 Å².